The molecule has 1 aliphatic heterocycles. The fourth-order valence-corrected chi connectivity index (χ4v) is 2.14. The third-order valence-electron chi connectivity index (χ3n) is 3.32. The van der Waals surface area contributed by atoms with Gasteiger partial charge in [0.1, 0.15) is 0 Å². The van der Waals surface area contributed by atoms with E-state index in [-0.39, 0.29) is 11.6 Å². The molecule has 1 aliphatic rings. The number of aromatic nitrogens is 2. The minimum atomic E-state index is -0.228. The van der Waals surface area contributed by atoms with E-state index in [2.05, 4.69) is 26.9 Å². The van der Waals surface area contributed by atoms with Gasteiger partial charge in [-0.2, -0.15) is 0 Å². The quantitative estimate of drug-likeness (QED) is 0.829. The molecule has 1 amide bonds. The molecule has 0 atom stereocenters. The van der Waals surface area contributed by atoms with Crippen molar-refractivity contribution < 1.29 is 9.32 Å². The second kappa shape index (κ2) is 6.32. The Bertz CT molecular complexity index is 649. The van der Waals surface area contributed by atoms with Crippen LogP contribution < -0.4 is 10.6 Å². The zero-order chi connectivity index (χ0) is 14.5. The lowest BCUT2D eigenvalue weighted by Gasteiger charge is -2.13. The summed E-state index contributed by atoms with van der Waals surface area (Å²) in [6.45, 7) is 2.37. The maximum absolute atomic E-state index is 12.0. The predicted molar refractivity (Wildman–Crippen MR) is 77.6 cm³/mol. The first-order chi connectivity index (χ1) is 10.3. The zero-order valence-electron chi connectivity index (χ0n) is 11.5. The van der Waals surface area contributed by atoms with Gasteiger partial charge in [-0.05, 0) is 25.1 Å². The van der Waals surface area contributed by atoms with Crippen molar-refractivity contribution in [3.05, 3.63) is 47.9 Å². The lowest BCUT2D eigenvalue weighted by Crippen LogP contribution is -2.29. The molecule has 2 aromatic rings. The van der Waals surface area contributed by atoms with E-state index >= 15 is 0 Å². The highest BCUT2D eigenvalue weighted by Crippen LogP contribution is 2.18. The van der Waals surface area contributed by atoms with Gasteiger partial charge in [0.2, 0.25) is 0 Å². The second-order valence-electron chi connectivity index (χ2n) is 4.82. The van der Waals surface area contributed by atoms with Crippen LogP contribution in [0.4, 0.5) is 0 Å². The van der Waals surface area contributed by atoms with Crippen LogP contribution in [0.25, 0.3) is 11.3 Å². The molecule has 6 heteroatoms. The molecule has 0 saturated carbocycles. The van der Waals surface area contributed by atoms with Crippen LogP contribution in [0.2, 0.25) is 0 Å². The Balaban J connectivity index is 1.63. The number of pyridine rings is 1. The Kier molecular flexibility index (Phi) is 4.07. The highest BCUT2D eigenvalue weighted by Gasteiger charge is 2.14. The fourth-order valence-electron chi connectivity index (χ4n) is 2.14. The molecule has 0 fully saturated rings. The standard InChI is InChI=1S/C15H16N4O2/c20-15(18-9-11-3-6-16-7-4-11)13-8-14(21-19-13)12-2-1-5-17-10-12/h1-3,5,8,10,16H,4,6-7,9H2,(H,18,20). The molecule has 2 aromatic heterocycles. The predicted octanol–water partition coefficient (Wildman–Crippen LogP) is 1.39. The number of rotatable bonds is 4. The molecule has 6 nitrogen and oxygen atoms in total. The monoisotopic (exact) mass is 284 g/mol. The molecule has 0 radical (unpaired) electrons. The molecule has 0 spiro atoms. The van der Waals surface area contributed by atoms with Crippen LogP contribution in [0.1, 0.15) is 16.9 Å². The molecule has 0 unspecified atom stereocenters. The summed E-state index contributed by atoms with van der Waals surface area (Å²) in [5.41, 5.74) is 2.31. The van der Waals surface area contributed by atoms with Gasteiger partial charge in [0.15, 0.2) is 11.5 Å². The highest BCUT2D eigenvalue weighted by atomic mass is 16.5. The van der Waals surface area contributed by atoms with Gasteiger partial charge in [0.25, 0.3) is 5.91 Å². The zero-order valence-corrected chi connectivity index (χ0v) is 11.5. The van der Waals surface area contributed by atoms with E-state index in [4.69, 9.17) is 4.52 Å². The normalized spacial score (nSPS) is 14.6. The Morgan fingerprint density at radius 2 is 2.43 bits per heavy atom. The number of carbonyl (C=O) groups excluding carboxylic acids is 1. The van der Waals surface area contributed by atoms with Crippen LogP contribution in [0.5, 0.6) is 0 Å². The number of nitrogens with one attached hydrogen (secondary N) is 2. The molecule has 21 heavy (non-hydrogen) atoms. The Morgan fingerprint density at radius 1 is 1.48 bits per heavy atom. The Morgan fingerprint density at radius 3 is 3.19 bits per heavy atom. The third kappa shape index (κ3) is 3.35. The summed E-state index contributed by atoms with van der Waals surface area (Å²) >= 11 is 0. The van der Waals surface area contributed by atoms with Crippen LogP contribution in [0.15, 0.2) is 46.8 Å². The number of nitrogens with zero attached hydrogens (tertiary/aromatic N) is 2. The fraction of sp³-hybridized carbons (Fsp3) is 0.267. The van der Waals surface area contributed by atoms with Crippen LogP contribution in [0, 0.1) is 0 Å². The van der Waals surface area contributed by atoms with Gasteiger partial charge in [-0.3, -0.25) is 9.78 Å². The van der Waals surface area contributed by atoms with Gasteiger partial charge >= 0.3 is 0 Å². The number of hydrogen-bond acceptors (Lipinski definition) is 5. The molecule has 0 saturated heterocycles. The number of amides is 1. The summed E-state index contributed by atoms with van der Waals surface area (Å²) in [6.07, 6.45) is 6.41. The van der Waals surface area contributed by atoms with Crippen LogP contribution in [-0.2, 0) is 0 Å². The minimum Gasteiger partial charge on any atom is -0.355 e. The first-order valence-corrected chi connectivity index (χ1v) is 6.87. The SMILES string of the molecule is O=C(NCC1=CCNCC1)c1cc(-c2cccnc2)on1. The molecule has 3 heterocycles. The van der Waals surface area contributed by atoms with Crippen molar-refractivity contribution in [3.63, 3.8) is 0 Å². The summed E-state index contributed by atoms with van der Waals surface area (Å²) in [4.78, 5) is 16.1. The maximum atomic E-state index is 12.0. The summed E-state index contributed by atoms with van der Waals surface area (Å²) < 4.78 is 5.19. The van der Waals surface area contributed by atoms with Crippen molar-refractivity contribution >= 4 is 5.91 Å². The van der Waals surface area contributed by atoms with Crippen LogP contribution >= 0.6 is 0 Å². The van der Waals surface area contributed by atoms with Crippen molar-refractivity contribution in [1.82, 2.24) is 20.8 Å². The Hall–Kier alpha value is -2.47. The Labute approximate surface area is 122 Å². The summed E-state index contributed by atoms with van der Waals surface area (Å²) in [5, 5.41) is 9.90. The van der Waals surface area contributed by atoms with Gasteiger partial charge in [0, 0.05) is 37.1 Å². The van der Waals surface area contributed by atoms with Crippen molar-refractivity contribution in [2.24, 2.45) is 0 Å². The highest BCUT2D eigenvalue weighted by molar-refractivity contribution is 5.93. The van der Waals surface area contributed by atoms with Gasteiger partial charge in [-0.25, -0.2) is 0 Å². The molecule has 0 aliphatic carbocycles. The molecule has 3 rings (SSSR count). The van der Waals surface area contributed by atoms with Crippen LogP contribution in [-0.4, -0.2) is 35.7 Å². The van der Waals surface area contributed by atoms with Gasteiger partial charge in [-0.15, -0.1) is 0 Å². The molecule has 2 N–H and O–H groups in total. The lowest BCUT2D eigenvalue weighted by atomic mass is 10.1. The second-order valence-corrected chi connectivity index (χ2v) is 4.82. The molecule has 108 valence electrons. The van der Waals surface area contributed by atoms with Crippen molar-refractivity contribution in [2.45, 2.75) is 6.42 Å². The molecular weight excluding hydrogens is 268 g/mol. The van der Waals surface area contributed by atoms with E-state index < -0.39 is 0 Å². The van der Waals surface area contributed by atoms with E-state index in [1.165, 1.54) is 5.57 Å². The first-order valence-electron chi connectivity index (χ1n) is 6.87. The lowest BCUT2D eigenvalue weighted by molar-refractivity contribution is 0.0947. The molecule has 0 aromatic carbocycles. The smallest absolute Gasteiger partial charge is 0.273 e. The van der Waals surface area contributed by atoms with Crippen LogP contribution in [0.3, 0.4) is 0 Å². The maximum Gasteiger partial charge on any atom is 0.273 e. The van der Waals surface area contributed by atoms with Crippen molar-refractivity contribution in [1.29, 1.82) is 0 Å². The topological polar surface area (TPSA) is 80.0 Å². The average molecular weight is 284 g/mol. The van der Waals surface area contributed by atoms with Crippen molar-refractivity contribution in [2.75, 3.05) is 19.6 Å². The van der Waals surface area contributed by atoms with Crippen molar-refractivity contribution in [3.8, 4) is 11.3 Å². The third-order valence-corrected chi connectivity index (χ3v) is 3.32. The first kappa shape index (κ1) is 13.5. The average Bonchev–Trinajstić information content (AvgIpc) is 3.04. The number of carbonyl (C=O) groups is 1. The van der Waals surface area contributed by atoms with Gasteiger partial charge in [-0.1, -0.05) is 16.8 Å². The summed E-state index contributed by atoms with van der Waals surface area (Å²) in [5.74, 6) is 0.308. The number of hydrogen-bond donors (Lipinski definition) is 2. The largest absolute Gasteiger partial charge is 0.355 e. The van der Waals surface area contributed by atoms with E-state index in [1.54, 1.807) is 24.5 Å². The van der Waals surface area contributed by atoms with Gasteiger partial charge in [0.05, 0.1) is 0 Å². The van der Waals surface area contributed by atoms with Gasteiger partial charge < -0.3 is 15.2 Å². The van der Waals surface area contributed by atoms with E-state index in [0.29, 0.717) is 12.3 Å². The van der Waals surface area contributed by atoms with E-state index in [0.717, 1.165) is 25.1 Å². The van der Waals surface area contributed by atoms with E-state index in [1.807, 2.05) is 6.07 Å². The summed E-state index contributed by atoms with van der Waals surface area (Å²) in [7, 11) is 0. The summed E-state index contributed by atoms with van der Waals surface area (Å²) in [6, 6.07) is 5.29. The molecular formula is C15H16N4O2. The van der Waals surface area contributed by atoms with E-state index in [9.17, 15) is 4.79 Å². The molecule has 0 bridgehead atoms. The minimum absolute atomic E-state index is 0.228.